The molecule has 1 aromatic carbocycles. The average Bonchev–Trinajstić information content (AvgIpc) is 2.15. The molecule has 1 N–H and O–H groups in total. The number of amides is 1. The largest absolute Gasteiger partial charge is 0.349 e. The Bertz CT molecular complexity index is 404. The fourth-order valence-electron chi connectivity index (χ4n) is 1.65. The van der Waals surface area contributed by atoms with Gasteiger partial charge in [0, 0.05) is 11.4 Å². The van der Waals surface area contributed by atoms with Crippen LogP contribution in [0.25, 0.3) is 0 Å². The Labute approximate surface area is 112 Å². The normalized spacial score (nSPS) is 14.2. The molecule has 0 heterocycles. The molecule has 1 aromatic rings. The van der Waals surface area contributed by atoms with Crippen LogP contribution in [0, 0.1) is 6.92 Å². The van der Waals surface area contributed by atoms with Crippen molar-refractivity contribution in [1.29, 1.82) is 0 Å². The maximum atomic E-state index is 11.9. The molecule has 2 atom stereocenters. The molecule has 0 fully saturated rings. The Balaban J connectivity index is 2.70. The third kappa shape index (κ3) is 4.57. The summed E-state index contributed by atoms with van der Waals surface area (Å²) in [7, 11) is 0. The number of alkyl halides is 1. The van der Waals surface area contributed by atoms with Gasteiger partial charge in [-0.2, -0.15) is 0 Å². The zero-order valence-corrected chi connectivity index (χ0v) is 11.8. The summed E-state index contributed by atoms with van der Waals surface area (Å²) in [5.41, 5.74) is 1.54. The molecule has 94 valence electrons. The number of hydrogen-bond acceptors (Lipinski definition) is 1. The molecule has 1 amide bonds. The zero-order valence-electron chi connectivity index (χ0n) is 10.3. The number of aryl methyl sites for hydroxylation is 1. The summed E-state index contributed by atoms with van der Waals surface area (Å²) in [4.78, 5) is 11.9. The number of hydrogen-bond donors (Lipinski definition) is 1. The molecule has 0 aliphatic rings. The molecule has 0 spiro atoms. The number of carbonyl (C=O) groups is 1. The quantitative estimate of drug-likeness (QED) is 0.832. The van der Waals surface area contributed by atoms with Crippen molar-refractivity contribution in [3.05, 3.63) is 34.3 Å². The van der Waals surface area contributed by atoms with Crippen molar-refractivity contribution in [3.63, 3.8) is 0 Å². The van der Waals surface area contributed by atoms with Gasteiger partial charge < -0.3 is 5.32 Å². The topological polar surface area (TPSA) is 29.1 Å². The number of carbonyl (C=O) groups excluding carboxylic acids is 1. The second kappa shape index (κ2) is 6.27. The summed E-state index contributed by atoms with van der Waals surface area (Å²) in [6.45, 7) is 5.77. The van der Waals surface area contributed by atoms with Gasteiger partial charge in [-0.3, -0.25) is 4.79 Å². The minimum atomic E-state index is -0.153. The molecule has 0 bridgehead atoms. The Kier molecular flexibility index (Phi) is 5.29. The van der Waals surface area contributed by atoms with Crippen molar-refractivity contribution in [3.8, 4) is 0 Å². The van der Waals surface area contributed by atoms with Crippen molar-refractivity contribution in [2.24, 2.45) is 0 Å². The van der Waals surface area contributed by atoms with E-state index in [1.54, 1.807) is 12.1 Å². The van der Waals surface area contributed by atoms with Gasteiger partial charge in [0.1, 0.15) is 0 Å². The summed E-state index contributed by atoms with van der Waals surface area (Å²) >= 11 is 11.9. The molecule has 0 aliphatic carbocycles. The highest BCUT2D eigenvalue weighted by Crippen LogP contribution is 2.17. The highest BCUT2D eigenvalue weighted by molar-refractivity contribution is 6.33. The van der Waals surface area contributed by atoms with Gasteiger partial charge in [0.15, 0.2) is 0 Å². The first-order valence-electron chi connectivity index (χ1n) is 5.61. The minimum Gasteiger partial charge on any atom is -0.349 e. The molecule has 1 rings (SSSR count). The molecule has 17 heavy (non-hydrogen) atoms. The van der Waals surface area contributed by atoms with Crippen LogP contribution >= 0.6 is 23.2 Å². The fourth-order valence-corrected chi connectivity index (χ4v) is 2.24. The van der Waals surface area contributed by atoms with Gasteiger partial charge in [0.25, 0.3) is 5.91 Å². The van der Waals surface area contributed by atoms with E-state index in [1.807, 2.05) is 26.8 Å². The molecule has 2 unspecified atom stereocenters. The number of halogens is 2. The summed E-state index contributed by atoms with van der Waals surface area (Å²) in [5.74, 6) is -0.153. The van der Waals surface area contributed by atoms with Crippen LogP contribution in [0.4, 0.5) is 0 Å². The van der Waals surface area contributed by atoms with Crippen molar-refractivity contribution in [2.45, 2.75) is 38.6 Å². The zero-order chi connectivity index (χ0) is 13.0. The van der Waals surface area contributed by atoms with Gasteiger partial charge in [-0.1, -0.05) is 17.7 Å². The van der Waals surface area contributed by atoms with E-state index in [0.29, 0.717) is 10.6 Å². The summed E-state index contributed by atoms with van der Waals surface area (Å²) in [6, 6.07) is 5.43. The van der Waals surface area contributed by atoms with E-state index in [2.05, 4.69) is 5.32 Å². The first-order chi connectivity index (χ1) is 7.90. The Hall–Kier alpha value is -0.730. The summed E-state index contributed by atoms with van der Waals surface area (Å²) in [6.07, 6.45) is 0.733. The van der Waals surface area contributed by atoms with Gasteiger partial charge >= 0.3 is 0 Å². The van der Waals surface area contributed by atoms with Crippen LogP contribution in [0.5, 0.6) is 0 Å². The van der Waals surface area contributed by atoms with E-state index in [9.17, 15) is 4.79 Å². The number of nitrogens with one attached hydrogen (secondary N) is 1. The molecule has 0 aromatic heterocycles. The van der Waals surface area contributed by atoms with Crippen LogP contribution < -0.4 is 5.32 Å². The second-order valence-electron chi connectivity index (χ2n) is 4.37. The van der Waals surface area contributed by atoms with Crippen LogP contribution in [0.2, 0.25) is 5.02 Å². The van der Waals surface area contributed by atoms with E-state index in [1.165, 1.54) is 0 Å². The summed E-state index contributed by atoms with van der Waals surface area (Å²) < 4.78 is 0. The highest BCUT2D eigenvalue weighted by Gasteiger charge is 2.14. The molecule has 0 aliphatic heterocycles. The van der Waals surface area contributed by atoms with Gasteiger partial charge in [-0.25, -0.2) is 0 Å². The minimum absolute atomic E-state index is 0.0346. The predicted molar refractivity (Wildman–Crippen MR) is 73.0 cm³/mol. The van der Waals surface area contributed by atoms with Crippen LogP contribution in [-0.2, 0) is 0 Å². The van der Waals surface area contributed by atoms with E-state index in [4.69, 9.17) is 23.2 Å². The molecule has 0 saturated heterocycles. The van der Waals surface area contributed by atoms with Gasteiger partial charge in [-0.15, -0.1) is 11.6 Å². The van der Waals surface area contributed by atoms with E-state index < -0.39 is 0 Å². The number of benzene rings is 1. The molecule has 4 heteroatoms. The van der Waals surface area contributed by atoms with Crippen LogP contribution in [0.3, 0.4) is 0 Å². The van der Waals surface area contributed by atoms with Crippen LogP contribution in [0.15, 0.2) is 18.2 Å². The first kappa shape index (κ1) is 14.3. The van der Waals surface area contributed by atoms with Gasteiger partial charge in [0.2, 0.25) is 0 Å². The summed E-state index contributed by atoms with van der Waals surface area (Å²) in [5, 5.41) is 3.40. The number of rotatable bonds is 4. The standard InChI is InChI=1S/C13H17Cl2NO/c1-8-4-5-11(12(15)6-8)13(17)16-10(3)7-9(2)14/h4-6,9-10H,7H2,1-3H3,(H,16,17). The van der Waals surface area contributed by atoms with Crippen molar-refractivity contribution < 1.29 is 4.79 Å². The Morgan fingerprint density at radius 3 is 2.59 bits per heavy atom. The van der Waals surface area contributed by atoms with Crippen molar-refractivity contribution >= 4 is 29.1 Å². The van der Waals surface area contributed by atoms with Gasteiger partial charge in [0.05, 0.1) is 10.6 Å². The van der Waals surface area contributed by atoms with E-state index >= 15 is 0 Å². The lowest BCUT2D eigenvalue weighted by atomic mass is 10.1. The predicted octanol–water partition coefficient (Wildman–Crippen LogP) is 3.78. The molecular formula is C13H17Cl2NO. The molecule has 0 radical (unpaired) electrons. The maximum Gasteiger partial charge on any atom is 0.252 e. The second-order valence-corrected chi connectivity index (χ2v) is 5.53. The Morgan fingerprint density at radius 2 is 2.06 bits per heavy atom. The first-order valence-corrected chi connectivity index (χ1v) is 6.42. The smallest absolute Gasteiger partial charge is 0.252 e. The van der Waals surface area contributed by atoms with Crippen LogP contribution in [-0.4, -0.2) is 17.3 Å². The van der Waals surface area contributed by atoms with Gasteiger partial charge in [-0.05, 0) is 44.9 Å². The monoisotopic (exact) mass is 273 g/mol. The SMILES string of the molecule is Cc1ccc(C(=O)NC(C)CC(C)Cl)c(Cl)c1. The molecule has 0 saturated carbocycles. The molecular weight excluding hydrogens is 257 g/mol. The third-order valence-corrected chi connectivity index (χ3v) is 2.92. The van der Waals surface area contributed by atoms with E-state index in [-0.39, 0.29) is 17.3 Å². The van der Waals surface area contributed by atoms with Crippen molar-refractivity contribution in [2.75, 3.05) is 0 Å². The third-order valence-electron chi connectivity index (χ3n) is 2.43. The van der Waals surface area contributed by atoms with E-state index in [0.717, 1.165) is 12.0 Å². The van der Waals surface area contributed by atoms with Crippen molar-refractivity contribution in [1.82, 2.24) is 5.32 Å². The lowest BCUT2D eigenvalue weighted by Gasteiger charge is -2.15. The lowest BCUT2D eigenvalue weighted by molar-refractivity contribution is 0.0938. The van der Waals surface area contributed by atoms with Crippen LogP contribution in [0.1, 0.15) is 36.2 Å². The Morgan fingerprint density at radius 1 is 1.41 bits per heavy atom. The highest BCUT2D eigenvalue weighted by atomic mass is 35.5. The average molecular weight is 274 g/mol. The lowest BCUT2D eigenvalue weighted by Crippen LogP contribution is -2.34. The fraction of sp³-hybridized carbons (Fsp3) is 0.462. The molecule has 2 nitrogen and oxygen atoms in total. The maximum absolute atomic E-state index is 11.9.